The van der Waals surface area contributed by atoms with Crippen LogP contribution in [0.2, 0.25) is 0 Å². The van der Waals surface area contributed by atoms with E-state index >= 15 is 0 Å². The normalized spacial score (nSPS) is 12.0. The fourth-order valence-corrected chi connectivity index (χ4v) is 4.24. The Bertz CT molecular complexity index is 1020. The van der Waals surface area contributed by atoms with Crippen molar-refractivity contribution in [3.05, 3.63) is 78.4 Å². The maximum Gasteiger partial charge on any atom is 0.310 e. The van der Waals surface area contributed by atoms with E-state index in [1.807, 2.05) is 66.7 Å². The third-order valence-corrected chi connectivity index (χ3v) is 5.65. The summed E-state index contributed by atoms with van der Waals surface area (Å²) in [5, 5.41) is 0. The number of hydrogen-bond donors (Lipinski definition) is 0. The molecule has 3 aromatic carbocycles. The van der Waals surface area contributed by atoms with E-state index in [2.05, 4.69) is 0 Å². The van der Waals surface area contributed by atoms with Gasteiger partial charge in [-0.15, -0.1) is 0 Å². The Morgan fingerprint density at radius 1 is 0.897 bits per heavy atom. The quantitative estimate of drug-likeness (QED) is 0.580. The third-order valence-electron chi connectivity index (χ3n) is 4.52. The molecule has 0 N–H and O–H groups in total. The van der Waals surface area contributed by atoms with Crippen molar-refractivity contribution < 1.29 is 19.1 Å². The molecule has 5 nitrogen and oxygen atoms in total. The van der Waals surface area contributed by atoms with E-state index < -0.39 is 5.97 Å². The molecule has 0 aromatic heterocycles. The largest absolute Gasteiger partial charge is 0.497 e. The van der Waals surface area contributed by atoms with Gasteiger partial charge in [-0.25, -0.2) is 0 Å². The predicted octanol–water partition coefficient (Wildman–Crippen LogP) is 4.61. The van der Waals surface area contributed by atoms with Gasteiger partial charge < -0.3 is 9.47 Å². The summed E-state index contributed by atoms with van der Waals surface area (Å²) in [6.45, 7) is -0.323. The lowest BCUT2D eigenvalue weighted by Crippen LogP contribution is -2.32. The molecular formula is C23H19NO4S. The zero-order valence-corrected chi connectivity index (χ0v) is 16.6. The summed E-state index contributed by atoms with van der Waals surface area (Å²) in [4.78, 5) is 28.9. The highest BCUT2D eigenvalue weighted by Crippen LogP contribution is 2.47. The summed E-state index contributed by atoms with van der Waals surface area (Å²) >= 11 is 1.62. The predicted molar refractivity (Wildman–Crippen MR) is 112 cm³/mol. The van der Waals surface area contributed by atoms with Crippen molar-refractivity contribution in [3.63, 3.8) is 0 Å². The lowest BCUT2D eigenvalue weighted by molar-refractivity contribution is -0.147. The van der Waals surface area contributed by atoms with Gasteiger partial charge in [-0.3, -0.25) is 14.5 Å². The lowest BCUT2D eigenvalue weighted by Gasteiger charge is -2.30. The number of carbonyl (C=O) groups excluding carboxylic acids is 2. The summed E-state index contributed by atoms with van der Waals surface area (Å²) in [5.41, 5.74) is 2.36. The van der Waals surface area contributed by atoms with Crippen molar-refractivity contribution in [1.82, 2.24) is 0 Å². The zero-order valence-electron chi connectivity index (χ0n) is 15.8. The first-order valence-electron chi connectivity index (χ1n) is 9.13. The monoisotopic (exact) mass is 405 g/mol. The number of anilines is 2. The Morgan fingerprint density at radius 2 is 1.55 bits per heavy atom. The molecule has 0 atom stereocenters. The standard InChI is InChI=1S/C23H19NO4S/c1-27-17-8-6-7-16(13-17)14-23(26)28-15-22(25)24-18-9-2-4-11-20(18)29-21-12-5-3-10-19(21)24/h2-13H,14-15H2,1H3. The number of methoxy groups -OCH3 is 1. The van der Waals surface area contributed by atoms with E-state index in [-0.39, 0.29) is 18.9 Å². The topological polar surface area (TPSA) is 55.8 Å². The van der Waals surface area contributed by atoms with Crippen molar-refractivity contribution in [2.75, 3.05) is 18.6 Å². The van der Waals surface area contributed by atoms with Crippen LogP contribution in [0, 0.1) is 0 Å². The van der Waals surface area contributed by atoms with Crippen LogP contribution >= 0.6 is 11.8 Å². The maximum absolute atomic E-state index is 13.0. The number of esters is 1. The molecule has 0 spiro atoms. The molecule has 6 heteroatoms. The summed E-state index contributed by atoms with van der Waals surface area (Å²) in [6, 6.07) is 22.6. The minimum atomic E-state index is -0.459. The van der Waals surface area contributed by atoms with Gasteiger partial charge >= 0.3 is 5.97 Å². The van der Waals surface area contributed by atoms with Gasteiger partial charge in [0.2, 0.25) is 0 Å². The van der Waals surface area contributed by atoms with Gasteiger partial charge in [-0.2, -0.15) is 0 Å². The van der Waals surface area contributed by atoms with Gasteiger partial charge in [-0.05, 0) is 42.0 Å². The number of carbonyl (C=O) groups is 2. The molecule has 0 fully saturated rings. The average molecular weight is 405 g/mol. The molecule has 1 aliphatic rings. The first kappa shape index (κ1) is 19.1. The number of fused-ring (bicyclic) bond motifs is 2. The third kappa shape index (κ3) is 4.12. The molecule has 0 saturated carbocycles. The minimum Gasteiger partial charge on any atom is -0.497 e. The van der Waals surface area contributed by atoms with Crippen LogP contribution in [0.3, 0.4) is 0 Å². The fraction of sp³-hybridized carbons (Fsp3) is 0.130. The van der Waals surface area contributed by atoms with E-state index in [0.29, 0.717) is 5.75 Å². The van der Waals surface area contributed by atoms with Crippen LogP contribution in [0.5, 0.6) is 5.75 Å². The first-order valence-corrected chi connectivity index (χ1v) is 9.95. The van der Waals surface area contributed by atoms with Crippen LogP contribution in [0.15, 0.2) is 82.6 Å². The van der Waals surface area contributed by atoms with Crippen molar-refractivity contribution in [3.8, 4) is 5.75 Å². The molecule has 0 unspecified atom stereocenters. The molecule has 0 saturated heterocycles. The van der Waals surface area contributed by atoms with Gasteiger partial charge in [0, 0.05) is 9.79 Å². The van der Waals surface area contributed by atoms with E-state index in [0.717, 1.165) is 26.7 Å². The summed E-state index contributed by atoms with van der Waals surface area (Å²) in [6.07, 6.45) is 0.0769. The second-order valence-electron chi connectivity index (χ2n) is 6.46. The van der Waals surface area contributed by atoms with Gasteiger partial charge in [0.25, 0.3) is 5.91 Å². The highest BCUT2D eigenvalue weighted by molar-refractivity contribution is 7.99. The van der Waals surface area contributed by atoms with Crippen LogP contribution in [-0.4, -0.2) is 25.6 Å². The molecular weight excluding hydrogens is 386 g/mol. The summed E-state index contributed by atoms with van der Waals surface area (Å²) < 4.78 is 10.5. The van der Waals surface area contributed by atoms with E-state index in [9.17, 15) is 9.59 Å². The molecule has 29 heavy (non-hydrogen) atoms. The molecule has 0 aliphatic carbocycles. The maximum atomic E-state index is 13.0. The number of para-hydroxylation sites is 2. The molecule has 0 bridgehead atoms. The second kappa shape index (κ2) is 8.41. The number of rotatable bonds is 5. The van der Waals surface area contributed by atoms with Crippen LogP contribution in [0.1, 0.15) is 5.56 Å². The Hall–Kier alpha value is -3.25. The zero-order chi connectivity index (χ0) is 20.2. The van der Waals surface area contributed by atoms with Gasteiger partial charge in [0.05, 0.1) is 24.9 Å². The molecule has 1 aliphatic heterocycles. The Morgan fingerprint density at radius 3 is 2.21 bits per heavy atom. The SMILES string of the molecule is COc1cccc(CC(=O)OCC(=O)N2c3ccccc3Sc3ccccc32)c1. The van der Waals surface area contributed by atoms with Gasteiger partial charge in [-0.1, -0.05) is 48.2 Å². The Kier molecular flexibility index (Phi) is 5.53. The summed E-state index contributed by atoms with van der Waals surface area (Å²) in [7, 11) is 1.57. The van der Waals surface area contributed by atoms with Crippen LogP contribution in [-0.2, 0) is 20.7 Å². The molecule has 146 valence electrons. The highest BCUT2D eigenvalue weighted by Gasteiger charge is 2.28. The highest BCUT2D eigenvalue weighted by atomic mass is 32.2. The Labute approximate surface area is 173 Å². The van der Waals surface area contributed by atoms with Crippen molar-refractivity contribution in [2.24, 2.45) is 0 Å². The number of hydrogen-bond acceptors (Lipinski definition) is 5. The molecule has 4 rings (SSSR count). The van der Waals surface area contributed by atoms with E-state index in [1.165, 1.54) is 0 Å². The number of amides is 1. The molecule has 1 heterocycles. The Balaban J connectivity index is 1.48. The van der Waals surface area contributed by atoms with Gasteiger partial charge in [0.15, 0.2) is 6.61 Å². The van der Waals surface area contributed by atoms with Crippen molar-refractivity contribution in [2.45, 2.75) is 16.2 Å². The summed E-state index contributed by atoms with van der Waals surface area (Å²) in [5.74, 6) is -0.0749. The number of benzene rings is 3. The molecule has 1 amide bonds. The van der Waals surface area contributed by atoms with Crippen LogP contribution in [0.4, 0.5) is 11.4 Å². The molecule has 0 radical (unpaired) electrons. The fourth-order valence-electron chi connectivity index (χ4n) is 3.18. The number of nitrogens with zero attached hydrogens (tertiary/aromatic N) is 1. The lowest BCUT2D eigenvalue weighted by atomic mass is 10.1. The van der Waals surface area contributed by atoms with E-state index in [4.69, 9.17) is 9.47 Å². The second-order valence-corrected chi connectivity index (χ2v) is 7.54. The van der Waals surface area contributed by atoms with Crippen LogP contribution < -0.4 is 9.64 Å². The van der Waals surface area contributed by atoms with Crippen molar-refractivity contribution in [1.29, 1.82) is 0 Å². The minimum absolute atomic E-state index is 0.0769. The molecule has 3 aromatic rings. The van der Waals surface area contributed by atoms with E-state index in [1.54, 1.807) is 29.8 Å². The first-order chi connectivity index (χ1) is 14.2. The van der Waals surface area contributed by atoms with Crippen molar-refractivity contribution >= 4 is 35.0 Å². The number of ether oxygens (including phenoxy) is 2. The van der Waals surface area contributed by atoms with Gasteiger partial charge in [0.1, 0.15) is 5.75 Å². The average Bonchev–Trinajstić information content (AvgIpc) is 2.76. The smallest absolute Gasteiger partial charge is 0.310 e. The van der Waals surface area contributed by atoms with Crippen LogP contribution in [0.25, 0.3) is 0 Å².